The Morgan fingerprint density at radius 1 is 1.39 bits per heavy atom. The number of nitrogens with one attached hydrogen (secondary N) is 1. The largest absolute Gasteiger partial charge is 0.481 e. The minimum absolute atomic E-state index is 0. The smallest absolute Gasteiger partial charge is 0.309 e. The number of halogens is 1. The van der Waals surface area contributed by atoms with Crippen molar-refractivity contribution in [1.29, 1.82) is 0 Å². The summed E-state index contributed by atoms with van der Waals surface area (Å²) in [6, 6.07) is 5.83. The van der Waals surface area contributed by atoms with E-state index in [4.69, 9.17) is 11.6 Å². The SMILES string of the molecule is C.CC(CC(=O)N1CCC2(C(=O)O)CCCC1C2)c1c[nH]c2cccc(Cl)c12. The van der Waals surface area contributed by atoms with Crippen molar-refractivity contribution in [3.8, 4) is 0 Å². The number of piperidine rings is 1. The van der Waals surface area contributed by atoms with E-state index in [2.05, 4.69) is 11.9 Å². The third-order valence-electron chi connectivity index (χ3n) is 6.56. The molecule has 1 saturated heterocycles. The highest BCUT2D eigenvalue weighted by Crippen LogP contribution is 2.45. The summed E-state index contributed by atoms with van der Waals surface area (Å²) < 4.78 is 0. The first-order chi connectivity index (χ1) is 12.9. The Labute approximate surface area is 171 Å². The lowest BCUT2D eigenvalue weighted by atomic mass is 9.67. The Morgan fingerprint density at radius 2 is 2.18 bits per heavy atom. The molecule has 2 aromatic rings. The maximum atomic E-state index is 13.0. The molecular formula is C22H29ClN2O3. The molecule has 1 aromatic carbocycles. The number of aromatic nitrogens is 1. The Bertz CT molecular complexity index is 893. The van der Waals surface area contributed by atoms with Crippen molar-refractivity contribution >= 4 is 34.4 Å². The molecule has 1 aliphatic heterocycles. The van der Waals surface area contributed by atoms with Gasteiger partial charge in [0.05, 0.1) is 10.4 Å². The second-order valence-electron chi connectivity index (χ2n) is 8.18. The van der Waals surface area contributed by atoms with Crippen molar-refractivity contribution in [3.05, 3.63) is 35.0 Å². The molecule has 3 atom stereocenters. The average Bonchev–Trinajstić information content (AvgIpc) is 3.07. The molecule has 2 fully saturated rings. The number of benzene rings is 1. The normalized spacial score (nSPS) is 25.2. The highest BCUT2D eigenvalue weighted by Gasteiger charge is 2.48. The number of hydrogen-bond donors (Lipinski definition) is 2. The van der Waals surface area contributed by atoms with Crippen LogP contribution in [0.3, 0.4) is 0 Å². The molecule has 1 aliphatic carbocycles. The zero-order valence-corrected chi connectivity index (χ0v) is 16.3. The Morgan fingerprint density at radius 3 is 2.93 bits per heavy atom. The average molecular weight is 405 g/mol. The van der Waals surface area contributed by atoms with Gasteiger partial charge in [0.2, 0.25) is 5.91 Å². The number of nitrogens with zero attached hydrogens (tertiary/aromatic N) is 1. The maximum Gasteiger partial charge on any atom is 0.309 e. The van der Waals surface area contributed by atoms with Crippen LogP contribution in [0.1, 0.15) is 64.4 Å². The van der Waals surface area contributed by atoms with E-state index < -0.39 is 11.4 Å². The first kappa shape index (κ1) is 20.7. The second kappa shape index (κ2) is 7.78. The first-order valence-electron chi connectivity index (χ1n) is 9.70. The van der Waals surface area contributed by atoms with E-state index in [0.29, 0.717) is 30.8 Å². The molecule has 2 heterocycles. The minimum Gasteiger partial charge on any atom is -0.481 e. The third-order valence-corrected chi connectivity index (χ3v) is 6.88. The van der Waals surface area contributed by atoms with Crippen molar-refractivity contribution in [2.75, 3.05) is 6.54 Å². The summed E-state index contributed by atoms with van der Waals surface area (Å²) in [5.41, 5.74) is 1.42. The van der Waals surface area contributed by atoms with Crippen molar-refractivity contribution < 1.29 is 14.7 Å². The molecule has 3 unspecified atom stereocenters. The maximum absolute atomic E-state index is 13.0. The van der Waals surface area contributed by atoms with Gasteiger partial charge in [-0.1, -0.05) is 38.4 Å². The lowest BCUT2D eigenvalue weighted by Gasteiger charge is -2.48. The van der Waals surface area contributed by atoms with E-state index in [1.165, 1.54) is 0 Å². The molecule has 6 heteroatoms. The van der Waals surface area contributed by atoms with Gasteiger partial charge in [0.1, 0.15) is 0 Å². The molecule has 1 amide bonds. The van der Waals surface area contributed by atoms with Crippen molar-refractivity contribution in [2.24, 2.45) is 5.41 Å². The molecule has 0 spiro atoms. The summed E-state index contributed by atoms with van der Waals surface area (Å²) in [5.74, 6) is -0.531. The summed E-state index contributed by atoms with van der Waals surface area (Å²) in [4.78, 5) is 29.9. The number of fused-ring (bicyclic) bond motifs is 3. The summed E-state index contributed by atoms with van der Waals surface area (Å²) in [6.45, 7) is 2.60. The fourth-order valence-electron chi connectivity index (χ4n) is 5.01. The van der Waals surface area contributed by atoms with E-state index in [0.717, 1.165) is 35.7 Å². The highest BCUT2D eigenvalue weighted by molar-refractivity contribution is 6.35. The number of rotatable bonds is 4. The molecule has 28 heavy (non-hydrogen) atoms. The van der Waals surface area contributed by atoms with E-state index in [1.807, 2.05) is 29.3 Å². The standard InChI is InChI=1S/C21H25ClN2O3.CH4/c1-13(15-12-23-17-6-2-5-16(22)19(15)17)10-18(25)24-9-8-21(20(26)27)7-3-4-14(24)11-21;/h2,5-6,12-14,23H,3-4,7-11H2,1H3,(H,26,27);1H4. The van der Waals surface area contributed by atoms with Gasteiger partial charge in [0.25, 0.3) is 0 Å². The molecule has 1 saturated carbocycles. The number of carbonyl (C=O) groups is 2. The van der Waals surface area contributed by atoms with Crippen LogP contribution < -0.4 is 0 Å². The molecule has 0 radical (unpaired) electrons. The van der Waals surface area contributed by atoms with Crippen LogP contribution in [0, 0.1) is 5.41 Å². The third kappa shape index (κ3) is 3.41. The fraction of sp³-hybridized carbons (Fsp3) is 0.545. The number of H-pyrrole nitrogens is 1. The molecule has 5 nitrogen and oxygen atoms in total. The van der Waals surface area contributed by atoms with Gasteiger partial charge in [-0.05, 0) is 49.3 Å². The molecule has 2 aliphatic rings. The van der Waals surface area contributed by atoms with Crippen LogP contribution in [0.15, 0.2) is 24.4 Å². The van der Waals surface area contributed by atoms with Crippen LogP contribution in [-0.4, -0.2) is 39.5 Å². The molecule has 2 bridgehead atoms. The second-order valence-corrected chi connectivity index (χ2v) is 8.59. The van der Waals surface area contributed by atoms with Gasteiger partial charge in [0, 0.05) is 36.1 Å². The molecular weight excluding hydrogens is 376 g/mol. The summed E-state index contributed by atoms with van der Waals surface area (Å²) >= 11 is 6.38. The number of aliphatic carboxylic acids is 1. The predicted molar refractivity (Wildman–Crippen MR) is 112 cm³/mol. The van der Waals surface area contributed by atoms with Crippen LogP contribution in [0.25, 0.3) is 10.9 Å². The van der Waals surface area contributed by atoms with Gasteiger partial charge < -0.3 is 15.0 Å². The Balaban J connectivity index is 0.00000225. The Kier molecular flexibility index (Phi) is 5.76. The van der Waals surface area contributed by atoms with E-state index >= 15 is 0 Å². The monoisotopic (exact) mass is 404 g/mol. The number of amides is 1. The van der Waals surface area contributed by atoms with Gasteiger partial charge in [-0.2, -0.15) is 0 Å². The topological polar surface area (TPSA) is 73.4 Å². The molecule has 152 valence electrons. The number of carboxylic acids is 1. The van der Waals surface area contributed by atoms with Gasteiger partial charge in [-0.25, -0.2) is 0 Å². The van der Waals surface area contributed by atoms with Crippen LogP contribution in [0.5, 0.6) is 0 Å². The summed E-state index contributed by atoms with van der Waals surface area (Å²) in [6.07, 6.45) is 6.06. The number of likely N-dealkylation sites (tertiary alicyclic amines) is 1. The lowest BCUT2D eigenvalue weighted by Crippen LogP contribution is -2.54. The zero-order valence-electron chi connectivity index (χ0n) is 15.5. The van der Waals surface area contributed by atoms with Gasteiger partial charge in [-0.3, -0.25) is 9.59 Å². The number of carbonyl (C=O) groups excluding carboxylic acids is 1. The highest BCUT2D eigenvalue weighted by atomic mass is 35.5. The molecule has 4 rings (SSSR count). The van der Waals surface area contributed by atoms with E-state index in [1.54, 1.807) is 0 Å². The predicted octanol–water partition coefficient (Wildman–Crippen LogP) is 5.20. The van der Waals surface area contributed by atoms with Crippen LogP contribution in [0.4, 0.5) is 0 Å². The number of aromatic amines is 1. The number of carboxylic acid groups (broad SMARTS) is 1. The van der Waals surface area contributed by atoms with Gasteiger partial charge in [-0.15, -0.1) is 0 Å². The molecule has 1 aromatic heterocycles. The summed E-state index contributed by atoms with van der Waals surface area (Å²) in [7, 11) is 0. The van der Waals surface area contributed by atoms with Crippen molar-refractivity contribution in [3.63, 3.8) is 0 Å². The minimum atomic E-state index is -0.693. The molecule has 2 N–H and O–H groups in total. The van der Waals surface area contributed by atoms with E-state index in [-0.39, 0.29) is 25.3 Å². The van der Waals surface area contributed by atoms with Crippen LogP contribution in [-0.2, 0) is 9.59 Å². The van der Waals surface area contributed by atoms with Gasteiger partial charge in [0.15, 0.2) is 0 Å². The first-order valence-corrected chi connectivity index (χ1v) is 10.1. The van der Waals surface area contributed by atoms with Gasteiger partial charge >= 0.3 is 5.97 Å². The van der Waals surface area contributed by atoms with Crippen molar-refractivity contribution in [1.82, 2.24) is 9.88 Å². The number of hydrogen-bond acceptors (Lipinski definition) is 2. The van der Waals surface area contributed by atoms with E-state index in [9.17, 15) is 14.7 Å². The zero-order chi connectivity index (χ0) is 19.2. The fourth-order valence-corrected chi connectivity index (χ4v) is 5.30. The Hall–Kier alpha value is -2.01. The quantitative estimate of drug-likeness (QED) is 0.735. The van der Waals surface area contributed by atoms with Crippen molar-refractivity contribution in [2.45, 2.75) is 64.8 Å². The summed E-state index contributed by atoms with van der Waals surface area (Å²) in [5, 5.41) is 11.3. The van der Waals surface area contributed by atoms with Crippen LogP contribution >= 0.6 is 11.6 Å². The van der Waals surface area contributed by atoms with Crippen LogP contribution in [0.2, 0.25) is 5.02 Å². The lowest BCUT2D eigenvalue weighted by molar-refractivity contribution is -0.160.